The standard InChI is InChI=1S/C14H19BN2O3/c1-10-16-12(8-17(10)11-6-7-18-9-11)15-19-13(2,3)14(4,5)20-15/h6-9H,1-5H3. The SMILES string of the molecule is Cc1nc(B2OC(C)(C)C(C)(C)O2)cn1-c1ccoc1. The van der Waals surface area contributed by atoms with E-state index < -0.39 is 7.12 Å². The number of hydrogen-bond acceptors (Lipinski definition) is 4. The van der Waals surface area contributed by atoms with Gasteiger partial charge in [0.15, 0.2) is 0 Å². The summed E-state index contributed by atoms with van der Waals surface area (Å²) in [6, 6.07) is 1.89. The smallest absolute Gasteiger partial charge is 0.470 e. The van der Waals surface area contributed by atoms with Crippen LogP contribution >= 0.6 is 0 Å². The first-order valence-electron chi connectivity index (χ1n) is 6.74. The molecule has 5 nitrogen and oxygen atoms in total. The Labute approximate surface area is 119 Å². The maximum absolute atomic E-state index is 6.01. The van der Waals surface area contributed by atoms with Gasteiger partial charge in [0, 0.05) is 12.3 Å². The average molecular weight is 274 g/mol. The Balaban J connectivity index is 1.92. The zero-order chi connectivity index (χ0) is 14.5. The van der Waals surface area contributed by atoms with Gasteiger partial charge in [-0.15, -0.1) is 0 Å². The summed E-state index contributed by atoms with van der Waals surface area (Å²) in [5, 5.41) is 0. The second-order valence-corrected chi connectivity index (χ2v) is 6.15. The molecule has 0 bridgehead atoms. The Bertz CT molecular complexity index is 600. The number of imidazole rings is 1. The van der Waals surface area contributed by atoms with E-state index in [0.717, 1.165) is 17.1 Å². The summed E-state index contributed by atoms with van der Waals surface area (Å²) in [4.78, 5) is 4.55. The van der Waals surface area contributed by atoms with E-state index in [4.69, 9.17) is 13.7 Å². The predicted octanol–water partition coefficient (Wildman–Crippen LogP) is 2.07. The van der Waals surface area contributed by atoms with Gasteiger partial charge in [0.2, 0.25) is 0 Å². The summed E-state index contributed by atoms with van der Waals surface area (Å²) in [6.07, 6.45) is 5.26. The molecule has 2 aromatic heterocycles. The maximum Gasteiger partial charge on any atom is 0.516 e. The summed E-state index contributed by atoms with van der Waals surface area (Å²) in [5.74, 6) is 0.871. The second kappa shape index (κ2) is 4.23. The van der Waals surface area contributed by atoms with Crippen LogP contribution < -0.4 is 5.59 Å². The van der Waals surface area contributed by atoms with Crippen LogP contribution in [0.5, 0.6) is 0 Å². The van der Waals surface area contributed by atoms with Gasteiger partial charge in [-0.25, -0.2) is 4.98 Å². The fraction of sp³-hybridized carbons (Fsp3) is 0.500. The van der Waals surface area contributed by atoms with Crippen molar-refractivity contribution in [1.82, 2.24) is 9.55 Å². The molecular weight excluding hydrogens is 255 g/mol. The zero-order valence-electron chi connectivity index (χ0n) is 12.5. The molecule has 106 valence electrons. The predicted molar refractivity (Wildman–Crippen MR) is 76.3 cm³/mol. The van der Waals surface area contributed by atoms with E-state index in [9.17, 15) is 0 Å². The van der Waals surface area contributed by atoms with Gasteiger partial charge in [0.05, 0.1) is 28.7 Å². The molecule has 1 fully saturated rings. The molecule has 1 aliphatic rings. The van der Waals surface area contributed by atoms with Crippen molar-refractivity contribution in [2.75, 3.05) is 0 Å². The van der Waals surface area contributed by atoms with E-state index in [-0.39, 0.29) is 11.2 Å². The highest BCUT2D eigenvalue weighted by Crippen LogP contribution is 2.36. The molecule has 0 aliphatic carbocycles. The molecule has 3 rings (SSSR count). The van der Waals surface area contributed by atoms with Crippen molar-refractivity contribution in [2.45, 2.75) is 45.8 Å². The van der Waals surface area contributed by atoms with Crippen molar-refractivity contribution in [2.24, 2.45) is 0 Å². The molecule has 2 aromatic rings. The lowest BCUT2D eigenvalue weighted by atomic mass is 9.86. The van der Waals surface area contributed by atoms with E-state index in [1.807, 2.05) is 51.4 Å². The third kappa shape index (κ3) is 1.99. The van der Waals surface area contributed by atoms with Crippen molar-refractivity contribution in [3.63, 3.8) is 0 Å². The van der Waals surface area contributed by atoms with E-state index in [2.05, 4.69) is 4.98 Å². The molecule has 0 spiro atoms. The Morgan fingerprint density at radius 2 is 1.80 bits per heavy atom. The van der Waals surface area contributed by atoms with Gasteiger partial charge in [0.25, 0.3) is 0 Å². The monoisotopic (exact) mass is 274 g/mol. The fourth-order valence-electron chi connectivity index (χ4n) is 2.23. The van der Waals surface area contributed by atoms with Gasteiger partial charge in [-0.1, -0.05) is 0 Å². The Kier molecular flexibility index (Phi) is 2.85. The number of aryl methyl sites for hydroxylation is 1. The van der Waals surface area contributed by atoms with Crippen LogP contribution in [-0.2, 0) is 9.31 Å². The minimum atomic E-state index is -0.438. The molecule has 1 aliphatic heterocycles. The number of aromatic nitrogens is 2. The van der Waals surface area contributed by atoms with E-state index >= 15 is 0 Å². The molecule has 3 heterocycles. The highest BCUT2D eigenvalue weighted by Gasteiger charge is 2.52. The Morgan fingerprint density at radius 3 is 2.35 bits per heavy atom. The van der Waals surface area contributed by atoms with E-state index in [1.54, 1.807) is 12.5 Å². The quantitative estimate of drug-likeness (QED) is 0.787. The Hall–Kier alpha value is -1.53. The zero-order valence-corrected chi connectivity index (χ0v) is 12.5. The fourth-order valence-corrected chi connectivity index (χ4v) is 2.23. The van der Waals surface area contributed by atoms with Crippen molar-refractivity contribution in [1.29, 1.82) is 0 Å². The summed E-state index contributed by atoms with van der Waals surface area (Å²) in [6.45, 7) is 10.1. The maximum atomic E-state index is 6.01. The molecule has 6 heteroatoms. The van der Waals surface area contributed by atoms with Crippen molar-refractivity contribution in [3.8, 4) is 5.69 Å². The summed E-state index contributed by atoms with van der Waals surface area (Å²) in [5.41, 5.74) is 1.01. The largest absolute Gasteiger partial charge is 0.516 e. The van der Waals surface area contributed by atoms with Gasteiger partial charge >= 0.3 is 7.12 Å². The third-order valence-corrected chi connectivity index (χ3v) is 4.18. The molecule has 20 heavy (non-hydrogen) atoms. The molecule has 0 N–H and O–H groups in total. The van der Waals surface area contributed by atoms with Gasteiger partial charge in [-0.05, 0) is 34.6 Å². The molecule has 0 radical (unpaired) electrons. The van der Waals surface area contributed by atoms with Crippen LogP contribution in [0.1, 0.15) is 33.5 Å². The van der Waals surface area contributed by atoms with Gasteiger partial charge in [-0.2, -0.15) is 0 Å². The molecule has 0 aromatic carbocycles. The number of nitrogens with zero attached hydrogens (tertiary/aromatic N) is 2. The number of rotatable bonds is 2. The van der Waals surface area contributed by atoms with Crippen molar-refractivity contribution < 1.29 is 13.7 Å². The van der Waals surface area contributed by atoms with E-state index in [1.165, 1.54) is 0 Å². The highest BCUT2D eigenvalue weighted by atomic mass is 16.7. The second-order valence-electron chi connectivity index (χ2n) is 6.15. The lowest BCUT2D eigenvalue weighted by Gasteiger charge is -2.32. The third-order valence-electron chi connectivity index (χ3n) is 4.18. The number of hydrogen-bond donors (Lipinski definition) is 0. The summed E-state index contributed by atoms with van der Waals surface area (Å²) >= 11 is 0. The lowest BCUT2D eigenvalue weighted by Crippen LogP contribution is -2.41. The van der Waals surface area contributed by atoms with Gasteiger partial charge in [0.1, 0.15) is 12.1 Å². The van der Waals surface area contributed by atoms with Crippen molar-refractivity contribution in [3.05, 3.63) is 30.6 Å². The van der Waals surface area contributed by atoms with Crippen molar-refractivity contribution >= 4 is 12.7 Å². The molecule has 0 unspecified atom stereocenters. The van der Waals surface area contributed by atoms with Gasteiger partial charge in [-0.3, -0.25) is 0 Å². The highest BCUT2D eigenvalue weighted by molar-refractivity contribution is 6.61. The minimum Gasteiger partial charge on any atom is -0.470 e. The molecule has 0 saturated carbocycles. The lowest BCUT2D eigenvalue weighted by molar-refractivity contribution is 0.00578. The molecular formula is C14H19BN2O3. The van der Waals surface area contributed by atoms with Crippen LogP contribution in [0.25, 0.3) is 5.69 Å². The summed E-state index contributed by atoms with van der Waals surface area (Å²) < 4.78 is 19.1. The van der Waals surface area contributed by atoms with Crippen LogP contribution in [0, 0.1) is 6.92 Å². The summed E-state index contributed by atoms with van der Waals surface area (Å²) in [7, 11) is -0.438. The van der Waals surface area contributed by atoms with Crippen LogP contribution in [0.3, 0.4) is 0 Å². The average Bonchev–Trinajstić information content (AvgIpc) is 2.98. The minimum absolute atomic E-state index is 0.356. The van der Waals surface area contributed by atoms with Crippen LogP contribution in [0.2, 0.25) is 0 Å². The Morgan fingerprint density at radius 1 is 1.15 bits per heavy atom. The number of furan rings is 1. The molecule has 1 saturated heterocycles. The van der Waals surface area contributed by atoms with E-state index in [0.29, 0.717) is 0 Å². The molecule has 0 atom stereocenters. The topological polar surface area (TPSA) is 49.4 Å². The first-order chi connectivity index (χ1) is 9.30. The van der Waals surface area contributed by atoms with Crippen LogP contribution in [0.15, 0.2) is 29.2 Å². The molecule has 0 amide bonds. The first kappa shape index (κ1) is 13.5. The van der Waals surface area contributed by atoms with Gasteiger partial charge < -0.3 is 18.3 Å². The first-order valence-corrected chi connectivity index (χ1v) is 6.74. The van der Waals surface area contributed by atoms with Crippen LogP contribution in [0.4, 0.5) is 0 Å². The normalized spacial score (nSPS) is 20.6. The van der Waals surface area contributed by atoms with Crippen LogP contribution in [-0.4, -0.2) is 27.9 Å².